The minimum absolute atomic E-state index is 0.0565. The molecule has 0 radical (unpaired) electrons. The Bertz CT molecular complexity index is 1090. The van der Waals surface area contributed by atoms with Crippen LogP contribution in [-0.2, 0) is 15.0 Å². The molecule has 2 aromatic rings. The van der Waals surface area contributed by atoms with Crippen molar-refractivity contribution < 1.29 is 19.1 Å². The van der Waals surface area contributed by atoms with E-state index in [1.807, 2.05) is 25.1 Å². The number of nitrogens with one attached hydrogen (secondary N) is 1. The second-order valence-electron chi connectivity index (χ2n) is 9.91. The predicted octanol–water partition coefficient (Wildman–Crippen LogP) is 5.40. The molecule has 1 aliphatic carbocycles. The van der Waals surface area contributed by atoms with E-state index in [0.717, 1.165) is 16.8 Å². The number of ether oxygens (including phenoxy) is 2. The Kier molecular flexibility index (Phi) is 6.33. The van der Waals surface area contributed by atoms with Crippen molar-refractivity contribution in [3.63, 3.8) is 0 Å². The molecular formula is C28H33NO4. The fraction of sp³-hybridized carbons (Fsp3) is 0.429. The summed E-state index contributed by atoms with van der Waals surface area (Å²) in [4.78, 5) is 26.2. The topological polar surface area (TPSA) is 64.6 Å². The van der Waals surface area contributed by atoms with E-state index < -0.39 is 0 Å². The van der Waals surface area contributed by atoms with E-state index in [2.05, 4.69) is 50.4 Å². The van der Waals surface area contributed by atoms with Crippen molar-refractivity contribution in [3.8, 4) is 11.5 Å². The van der Waals surface area contributed by atoms with Crippen LogP contribution in [0.4, 0.5) is 0 Å². The highest BCUT2D eigenvalue weighted by molar-refractivity contribution is 6.02. The zero-order valence-electron chi connectivity index (χ0n) is 20.2. The summed E-state index contributed by atoms with van der Waals surface area (Å²) < 4.78 is 11.4. The molecule has 33 heavy (non-hydrogen) atoms. The van der Waals surface area contributed by atoms with Gasteiger partial charge in [-0.05, 0) is 41.9 Å². The van der Waals surface area contributed by atoms with E-state index in [9.17, 15) is 9.59 Å². The van der Waals surface area contributed by atoms with Crippen LogP contribution < -0.4 is 14.8 Å². The number of allylic oxidation sites excluding steroid dienone is 2. The number of hydrogen-bond acceptors (Lipinski definition) is 4. The zero-order valence-corrected chi connectivity index (χ0v) is 20.2. The van der Waals surface area contributed by atoms with Gasteiger partial charge in [-0.25, -0.2) is 0 Å². The summed E-state index contributed by atoms with van der Waals surface area (Å²) in [5, 5.41) is 3.01. The van der Waals surface area contributed by atoms with Gasteiger partial charge in [0.1, 0.15) is 0 Å². The van der Waals surface area contributed by atoms with Gasteiger partial charge in [0.05, 0.1) is 13.7 Å². The predicted molar refractivity (Wildman–Crippen MR) is 129 cm³/mol. The number of benzene rings is 2. The lowest BCUT2D eigenvalue weighted by atomic mass is 9.73. The van der Waals surface area contributed by atoms with Gasteiger partial charge in [-0.3, -0.25) is 9.59 Å². The summed E-state index contributed by atoms with van der Waals surface area (Å²) >= 11 is 0. The van der Waals surface area contributed by atoms with Crippen LogP contribution in [0.2, 0.25) is 0 Å². The zero-order chi connectivity index (χ0) is 23.8. The molecule has 1 amide bonds. The standard InChI is InChI=1S/C28H33NO4/c1-6-33-27-20(8-7-9-24(27)32-5)21-16-25(31)29-22-14-18(15-23(30)26(21)22)17-10-12-19(13-11-17)28(2,3)4/h7-13,18,21H,6,14-16H2,1-5H3,(H,29,31). The average Bonchev–Trinajstić information content (AvgIpc) is 2.78. The molecule has 174 valence electrons. The Hall–Kier alpha value is -3.08. The molecule has 5 heteroatoms. The molecular weight excluding hydrogens is 414 g/mol. The summed E-state index contributed by atoms with van der Waals surface area (Å²) in [6.07, 6.45) is 1.31. The number of hydrogen-bond donors (Lipinski definition) is 1. The van der Waals surface area contributed by atoms with Gasteiger partial charge in [0.2, 0.25) is 5.91 Å². The first-order chi connectivity index (χ1) is 15.7. The summed E-state index contributed by atoms with van der Waals surface area (Å²) in [6, 6.07) is 14.2. The van der Waals surface area contributed by atoms with E-state index in [-0.39, 0.29) is 35.4 Å². The van der Waals surface area contributed by atoms with Gasteiger partial charge >= 0.3 is 0 Å². The molecule has 1 N–H and O–H groups in total. The Morgan fingerprint density at radius 3 is 2.36 bits per heavy atom. The normalized spacial score (nSPS) is 20.9. The largest absolute Gasteiger partial charge is 0.493 e. The van der Waals surface area contributed by atoms with Crippen LogP contribution >= 0.6 is 0 Å². The van der Waals surface area contributed by atoms with E-state index in [1.165, 1.54) is 5.56 Å². The van der Waals surface area contributed by atoms with Gasteiger partial charge in [-0.15, -0.1) is 0 Å². The molecule has 0 aromatic heterocycles. The lowest BCUT2D eigenvalue weighted by Crippen LogP contribution is -2.38. The van der Waals surface area contributed by atoms with Crippen molar-refractivity contribution in [1.82, 2.24) is 5.32 Å². The van der Waals surface area contributed by atoms with Gasteiger partial charge in [0.25, 0.3) is 0 Å². The van der Waals surface area contributed by atoms with Gasteiger partial charge < -0.3 is 14.8 Å². The van der Waals surface area contributed by atoms with E-state index in [4.69, 9.17) is 9.47 Å². The molecule has 0 saturated heterocycles. The first-order valence-corrected chi connectivity index (χ1v) is 11.7. The van der Waals surface area contributed by atoms with E-state index >= 15 is 0 Å². The fourth-order valence-electron chi connectivity index (χ4n) is 4.98. The van der Waals surface area contributed by atoms with Gasteiger partial charge in [-0.1, -0.05) is 57.2 Å². The third-order valence-corrected chi connectivity index (χ3v) is 6.68. The number of Topliss-reactive ketones (excluding diaryl/α,β-unsaturated/α-hetero) is 1. The molecule has 1 aliphatic heterocycles. The molecule has 0 spiro atoms. The van der Waals surface area contributed by atoms with E-state index in [0.29, 0.717) is 36.5 Å². The average molecular weight is 448 g/mol. The minimum atomic E-state index is -0.331. The van der Waals surface area contributed by atoms with Crippen LogP contribution in [-0.4, -0.2) is 25.4 Å². The molecule has 2 unspecified atom stereocenters. The third-order valence-electron chi connectivity index (χ3n) is 6.68. The van der Waals surface area contributed by atoms with Gasteiger partial charge in [0.15, 0.2) is 17.3 Å². The van der Waals surface area contributed by atoms with Gasteiger partial charge in [-0.2, -0.15) is 0 Å². The minimum Gasteiger partial charge on any atom is -0.493 e. The molecule has 4 rings (SSSR count). The summed E-state index contributed by atoms with van der Waals surface area (Å²) in [5.74, 6) is 0.976. The molecule has 0 fully saturated rings. The maximum absolute atomic E-state index is 13.5. The molecule has 2 aromatic carbocycles. The fourth-order valence-corrected chi connectivity index (χ4v) is 4.98. The first kappa shape index (κ1) is 23.1. The van der Waals surface area contributed by atoms with Crippen LogP contribution in [0.1, 0.15) is 75.5 Å². The second kappa shape index (κ2) is 9.05. The molecule has 0 bridgehead atoms. The van der Waals surface area contributed by atoms with Crippen molar-refractivity contribution >= 4 is 11.7 Å². The Labute approximate surface area is 196 Å². The highest BCUT2D eigenvalue weighted by Gasteiger charge is 2.39. The van der Waals surface area contributed by atoms with Crippen molar-refractivity contribution in [2.45, 2.75) is 64.2 Å². The van der Waals surface area contributed by atoms with Crippen molar-refractivity contribution in [3.05, 3.63) is 70.4 Å². The van der Waals surface area contributed by atoms with Crippen molar-refractivity contribution in [2.24, 2.45) is 0 Å². The van der Waals surface area contributed by atoms with Gasteiger partial charge in [0, 0.05) is 35.6 Å². The second-order valence-corrected chi connectivity index (χ2v) is 9.91. The number of ketones is 1. The lowest BCUT2D eigenvalue weighted by Gasteiger charge is -2.35. The van der Waals surface area contributed by atoms with Crippen LogP contribution in [0.5, 0.6) is 11.5 Å². The highest BCUT2D eigenvalue weighted by Crippen LogP contribution is 2.46. The van der Waals surface area contributed by atoms with Crippen LogP contribution in [0.3, 0.4) is 0 Å². The summed E-state index contributed by atoms with van der Waals surface area (Å²) in [6.45, 7) is 8.95. The molecule has 1 heterocycles. The Morgan fingerprint density at radius 1 is 1.00 bits per heavy atom. The van der Waals surface area contributed by atoms with E-state index in [1.54, 1.807) is 7.11 Å². The van der Waals surface area contributed by atoms with Crippen LogP contribution in [0, 0.1) is 0 Å². The molecule has 2 aliphatic rings. The summed E-state index contributed by atoms with van der Waals surface area (Å²) in [7, 11) is 1.60. The molecule has 5 nitrogen and oxygen atoms in total. The maximum atomic E-state index is 13.5. The Morgan fingerprint density at radius 2 is 1.73 bits per heavy atom. The third kappa shape index (κ3) is 4.54. The summed E-state index contributed by atoms with van der Waals surface area (Å²) in [5.41, 5.74) is 4.78. The maximum Gasteiger partial charge on any atom is 0.225 e. The number of rotatable bonds is 5. The monoisotopic (exact) mass is 447 g/mol. The quantitative estimate of drug-likeness (QED) is 0.667. The van der Waals surface area contributed by atoms with Crippen LogP contribution in [0.15, 0.2) is 53.7 Å². The Balaban J connectivity index is 1.70. The first-order valence-electron chi connectivity index (χ1n) is 11.7. The van der Waals surface area contributed by atoms with Crippen LogP contribution in [0.25, 0.3) is 0 Å². The molecule has 0 saturated carbocycles. The molecule has 2 atom stereocenters. The number of methoxy groups -OCH3 is 1. The lowest BCUT2D eigenvalue weighted by molar-refractivity contribution is -0.122. The van der Waals surface area contributed by atoms with Crippen molar-refractivity contribution in [2.75, 3.05) is 13.7 Å². The smallest absolute Gasteiger partial charge is 0.225 e. The highest BCUT2D eigenvalue weighted by atomic mass is 16.5. The van der Waals surface area contributed by atoms with Crippen molar-refractivity contribution in [1.29, 1.82) is 0 Å². The SMILES string of the molecule is CCOc1c(OC)cccc1C1CC(=O)NC2=C1C(=O)CC(c1ccc(C(C)(C)C)cc1)C2. The number of carbonyl (C=O) groups excluding carboxylic acids is 2. The number of amides is 1. The number of carbonyl (C=O) groups is 2. The number of para-hydroxylation sites is 1.